The van der Waals surface area contributed by atoms with Gasteiger partial charge in [-0.3, -0.25) is 0 Å². The van der Waals surface area contributed by atoms with Crippen molar-refractivity contribution in [3.63, 3.8) is 0 Å². The molecule has 2 heterocycles. The van der Waals surface area contributed by atoms with Crippen LogP contribution in [0.5, 0.6) is 5.75 Å². The van der Waals surface area contributed by atoms with Crippen molar-refractivity contribution in [1.29, 1.82) is 0 Å². The van der Waals surface area contributed by atoms with Crippen LogP contribution in [-0.2, 0) is 0 Å². The fourth-order valence-corrected chi connectivity index (χ4v) is 1.87. The Labute approximate surface area is 99.2 Å². The van der Waals surface area contributed by atoms with E-state index in [2.05, 4.69) is 9.97 Å². The number of benzene rings is 1. The smallest absolute Gasteiger partial charge is 0.435 e. The number of para-hydroxylation sites is 1. The average Bonchev–Trinajstić information content (AvgIpc) is 2.40. The van der Waals surface area contributed by atoms with Gasteiger partial charge in [0.2, 0.25) is 6.73 Å². The molecule has 0 fully saturated rings. The lowest BCUT2D eigenvalue weighted by Crippen LogP contribution is -2.22. The molecule has 1 aliphatic heterocycles. The van der Waals surface area contributed by atoms with Gasteiger partial charge in [-0.15, -0.1) is 0 Å². The Balaban J connectivity index is 2.07. The first-order valence-electron chi connectivity index (χ1n) is 5.45. The summed E-state index contributed by atoms with van der Waals surface area (Å²) in [5.74, 6) is 1.60. The van der Waals surface area contributed by atoms with Crippen LogP contribution in [0.2, 0.25) is 0 Å². The van der Waals surface area contributed by atoms with Crippen molar-refractivity contribution in [2.24, 2.45) is 0 Å². The highest BCUT2D eigenvalue weighted by molar-refractivity contribution is 5.81. The van der Waals surface area contributed by atoms with E-state index in [1.54, 1.807) is 18.5 Å². The summed E-state index contributed by atoms with van der Waals surface area (Å²) < 4.78 is 7.63. The zero-order valence-electron chi connectivity index (χ0n) is 9.50. The van der Waals surface area contributed by atoms with Gasteiger partial charge in [0, 0.05) is 11.6 Å². The SMILES string of the molecule is Cc1cccc2c1OC[N+](c1ncccn1)=C2. The van der Waals surface area contributed by atoms with Crippen molar-refractivity contribution < 1.29 is 9.31 Å². The second-order valence-corrected chi connectivity index (χ2v) is 3.91. The van der Waals surface area contributed by atoms with Gasteiger partial charge in [0.05, 0.1) is 6.21 Å². The predicted octanol–water partition coefficient (Wildman–Crippen LogP) is 1.90. The van der Waals surface area contributed by atoms with Gasteiger partial charge in [-0.1, -0.05) is 22.1 Å². The first-order valence-corrected chi connectivity index (χ1v) is 5.45. The summed E-state index contributed by atoms with van der Waals surface area (Å²) in [5.41, 5.74) is 2.20. The quantitative estimate of drug-likeness (QED) is 0.697. The van der Waals surface area contributed by atoms with Gasteiger partial charge < -0.3 is 4.74 Å². The van der Waals surface area contributed by atoms with Crippen LogP contribution >= 0.6 is 0 Å². The maximum atomic E-state index is 5.74. The number of ether oxygens (including phenoxy) is 1. The third-order valence-corrected chi connectivity index (χ3v) is 2.69. The highest BCUT2D eigenvalue weighted by Crippen LogP contribution is 2.25. The predicted molar refractivity (Wildman–Crippen MR) is 63.8 cm³/mol. The van der Waals surface area contributed by atoms with Gasteiger partial charge in [-0.25, -0.2) is 0 Å². The summed E-state index contributed by atoms with van der Waals surface area (Å²) >= 11 is 0. The number of rotatable bonds is 1. The van der Waals surface area contributed by atoms with Crippen LogP contribution in [0.1, 0.15) is 11.1 Å². The molecule has 4 nitrogen and oxygen atoms in total. The molecular weight excluding hydrogens is 214 g/mol. The Morgan fingerprint density at radius 1 is 1.18 bits per heavy atom. The van der Waals surface area contributed by atoms with E-state index in [1.807, 2.05) is 35.9 Å². The molecule has 0 radical (unpaired) electrons. The number of hydrogen-bond donors (Lipinski definition) is 0. The van der Waals surface area contributed by atoms with Gasteiger partial charge in [-0.05, 0) is 18.6 Å². The summed E-state index contributed by atoms with van der Waals surface area (Å²) in [6.07, 6.45) is 5.46. The van der Waals surface area contributed by atoms with Crippen LogP contribution in [-0.4, -0.2) is 27.5 Å². The third-order valence-electron chi connectivity index (χ3n) is 2.69. The molecule has 0 saturated heterocycles. The van der Waals surface area contributed by atoms with Crippen LogP contribution in [0.25, 0.3) is 0 Å². The van der Waals surface area contributed by atoms with E-state index >= 15 is 0 Å². The van der Waals surface area contributed by atoms with Crippen LogP contribution < -0.4 is 4.74 Å². The Hall–Kier alpha value is -2.23. The lowest BCUT2D eigenvalue weighted by atomic mass is 10.1. The van der Waals surface area contributed by atoms with Gasteiger partial charge in [0.1, 0.15) is 18.1 Å². The average molecular weight is 226 g/mol. The van der Waals surface area contributed by atoms with Crippen LogP contribution in [0.15, 0.2) is 36.7 Å². The molecule has 1 aromatic carbocycles. The Kier molecular flexibility index (Phi) is 2.33. The normalized spacial score (nSPS) is 13.6. The molecule has 4 heteroatoms. The molecule has 84 valence electrons. The lowest BCUT2D eigenvalue weighted by Gasteiger charge is -2.16. The standard InChI is InChI=1S/C13H12N3O/c1-10-4-2-5-11-8-16(9-17-12(10)11)13-14-6-3-7-15-13/h2-8H,9H2,1H3/q+1. The highest BCUT2D eigenvalue weighted by atomic mass is 16.5. The minimum atomic E-state index is 0.446. The van der Waals surface area contributed by atoms with Crippen LogP contribution in [0.4, 0.5) is 5.95 Å². The van der Waals surface area contributed by atoms with Crippen molar-refractivity contribution in [2.75, 3.05) is 6.73 Å². The van der Waals surface area contributed by atoms with E-state index in [9.17, 15) is 0 Å². The maximum absolute atomic E-state index is 5.74. The summed E-state index contributed by atoms with van der Waals surface area (Å²) in [5, 5.41) is 0. The lowest BCUT2D eigenvalue weighted by molar-refractivity contribution is -0.483. The molecule has 0 N–H and O–H groups in total. The summed E-state index contributed by atoms with van der Waals surface area (Å²) in [6, 6.07) is 7.88. The molecule has 0 atom stereocenters. The van der Waals surface area contributed by atoms with Gasteiger partial charge in [0.15, 0.2) is 0 Å². The monoisotopic (exact) mass is 226 g/mol. The third kappa shape index (κ3) is 1.78. The molecule has 0 bridgehead atoms. The van der Waals surface area contributed by atoms with Crippen molar-refractivity contribution in [1.82, 2.24) is 9.97 Å². The fourth-order valence-electron chi connectivity index (χ4n) is 1.87. The molecule has 17 heavy (non-hydrogen) atoms. The van der Waals surface area contributed by atoms with Crippen molar-refractivity contribution in [3.05, 3.63) is 47.8 Å². The molecule has 2 aromatic rings. The fraction of sp³-hybridized carbons (Fsp3) is 0.154. The second kappa shape index (κ2) is 3.97. The second-order valence-electron chi connectivity index (χ2n) is 3.91. The first-order chi connectivity index (χ1) is 8.34. The largest absolute Gasteiger partial charge is 0.459 e. The Bertz CT molecular complexity index is 578. The van der Waals surface area contributed by atoms with Gasteiger partial charge >= 0.3 is 5.95 Å². The Morgan fingerprint density at radius 2 is 2.00 bits per heavy atom. The minimum absolute atomic E-state index is 0.446. The van der Waals surface area contributed by atoms with E-state index in [-0.39, 0.29) is 0 Å². The van der Waals surface area contributed by atoms with Crippen molar-refractivity contribution in [2.45, 2.75) is 6.92 Å². The van der Waals surface area contributed by atoms with Crippen LogP contribution in [0.3, 0.4) is 0 Å². The molecule has 0 spiro atoms. The first kappa shape index (κ1) is 9.96. The van der Waals surface area contributed by atoms with E-state index in [1.165, 1.54) is 0 Å². The molecular formula is C13H12N3O+. The van der Waals surface area contributed by atoms with E-state index in [0.717, 1.165) is 16.9 Å². The molecule has 0 saturated carbocycles. The highest BCUT2D eigenvalue weighted by Gasteiger charge is 2.18. The zero-order valence-corrected chi connectivity index (χ0v) is 9.50. The number of fused-ring (bicyclic) bond motifs is 1. The summed E-state index contributed by atoms with van der Waals surface area (Å²) in [4.78, 5) is 8.40. The molecule has 1 aromatic heterocycles. The molecule has 0 amide bonds. The van der Waals surface area contributed by atoms with Crippen molar-refractivity contribution in [3.8, 4) is 5.75 Å². The van der Waals surface area contributed by atoms with E-state index < -0.39 is 0 Å². The zero-order chi connectivity index (χ0) is 11.7. The number of hydrogen-bond acceptors (Lipinski definition) is 3. The Morgan fingerprint density at radius 3 is 2.82 bits per heavy atom. The molecule has 0 unspecified atom stereocenters. The van der Waals surface area contributed by atoms with E-state index in [4.69, 9.17) is 4.74 Å². The molecule has 0 aliphatic carbocycles. The number of aromatic nitrogens is 2. The molecule has 3 rings (SSSR count). The number of nitrogens with zero attached hydrogens (tertiary/aromatic N) is 3. The van der Waals surface area contributed by atoms with Gasteiger partial charge in [0.25, 0.3) is 0 Å². The molecule has 1 aliphatic rings. The summed E-state index contributed by atoms with van der Waals surface area (Å²) in [7, 11) is 0. The van der Waals surface area contributed by atoms with E-state index in [0.29, 0.717) is 12.7 Å². The summed E-state index contributed by atoms with van der Waals surface area (Å²) in [6.45, 7) is 2.49. The topological polar surface area (TPSA) is 38.0 Å². The maximum Gasteiger partial charge on any atom is 0.435 e. The van der Waals surface area contributed by atoms with Crippen molar-refractivity contribution >= 4 is 12.2 Å². The number of aryl methyl sites for hydroxylation is 1. The van der Waals surface area contributed by atoms with Gasteiger partial charge in [-0.2, -0.15) is 4.58 Å². The van der Waals surface area contributed by atoms with Crippen LogP contribution in [0, 0.1) is 6.92 Å². The minimum Gasteiger partial charge on any atom is -0.459 e.